The standard InChI is InChI=1S/C14H19N5O/c15-14(16)19-7-3-4-10-20-12-6-2-1-5-11(12)13-17-8-9-18-13/h1-2,5-6,8-9H,3-4,7,10H2,(H,17,18)(H4,15,16,19). The Morgan fingerprint density at radius 3 is 2.85 bits per heavy atom. The zero-order valence-electron chi connectivity index (χ0n) is 11.2. The molecule has 0 aliphatic rings. The highest BCUT2D eigenvalue weighted by atomic mass is 16.5. The minimum atomic E-state index is 0.133. The lowest BCUT2D eigenvalue weighted by Gasteiger charge is -2.09. The Bertz CT molecular complexity index is 546. The summed E-state index contributed by atoms with van der Waals surface area (Å²) in [6.07, 6.45) is 5.30. The molecule has 0 saturated heterocycles. The SMILES string of the molecule is NC(N)=NCCCCOc1ccccc1-c1ncc[nH]1. The predicted octanol–water partition coefficient (Wildman–Crippen LogP) is 1.51. The third-order valence-corrected chi connectivity index (χ3v) is 2.74. The first-order chi connectivity index (χ1) is 9.77. The van der Waals surface area contributed by atoms with Crippen LogP contribution >= 0.6 is 0 Å². The monoisotopic (exact) mass is 273 g/mol. The van der Waals surface area contributed by atoms with Gasteiger partial charge in [-0.05, 0) is 25.0 Å². The molecule has 2 aromatic rings. The third kappa shape index (κ3) is 4.01. The summed E-state index contributed by atoms with van der Waals surface area (Å²) < 4.78 is 5.80. The fraction of sp³-hybridized carbons (Fsp3) is 0.286. The van der Waals surface area contributed by atoms with Crippen LogP contribution in [0.2, 0.25) is 0 Å². The molecule has 1 heterocycles. The first-order valence-electron chi connectivity index (χ1n) is 6.54. The number of hydrogen-bond acceptors (Lipinski definition) is 3. The van der Waals surface area contributed by atoms with Crippen molar-refractivity contribution in [3.8, 4) is 17.1 Å². The molecule has 6 heteroatoms. The van der Waals surface area contributed by atoms with Crippen LogP contribution in [0.15, 0.2) is 41.7 Å². The Morgan fingerprint density at radius 2 is 2.10 bits per heavy atom. The fourth-order valence-electron chi connectivity index (χ4n) is 1.80. The second kappa shape index (κ2) is 7.18. The van der Waals surface area contributed by atoms with Gasteiger partial charge in [0.15, 0.2) is 5.96 Å². The highest BCUT2D eigenvalue weighted by Gasteiger charge is 2.07. The van der Waals surface area contributed by atoms with Crippen LogP contribution in [0, 0.1) is 0 Å². The molecule has 0 unspecified atom stereocenters. The summed E-state index contributed by atoms with van der Waals surface area (Å²) in [4.78, 5) is 11.3. The van der Waals surface area contributed by atoms with Gasteiger partial charge < -0.3 is 21.2 Å². The van der Waals surface area contributed by atoms with Crippen molar-refractivity contribution >= 4 is 5.96 Å². The summed E-state index contributed by atoms with van der Waals surface area (Å²) in [6, 6.07) is 7.83. The highest BCUT2D eigenvalue weighted by Crippen LogP contribution is 2.26. The van der Waals surface area contributed by atoms with E-state index in [1.54, 1.807) is 12.4 Å². The Kier molecular flexibility index (Phi) is 5.00. The van der Waals surface area contributed by atoms with Gasteiger partial charge in [0, 0.05) is 18.9 Å². The van der Waals surface area contributed by atoms with Gasteiger partial charge in [0.1, 0.15) is 11.6 Å². The number of nitrogens with one attached hydrogen (secondary N) is 1. The van der Waals surface area contributed by atoms with Crippen molar-refractivity contribution in [3.63, 3.8) is 0 Å². The lowest BCUT2D eigenvalue weighted by molar-refractivity contribution is 0.309. The van der Waals surface area contributed by atoms with Gasteiger partial charge in [-0.25, -0.2) is 4.98 Å². The number of hydrogen-bond donors (Lipinski definition) is 3. The molecular weight excluding hydrogens is 254 g/mol. The maximum absolute atomic E-state index is 5.80. The first kappa shape index (κ1) is 13.9. The Hall–Kier alpha value is -2.50. The molecule has 0 fully saturated rings. The molecule has 5 N–H and O–H groups in total. The summed E-state index contributed by atoms with van der Waals surface area (Å²) in [7, 11) is 0. The Morgan fingerprint density at radius 1 is 1.25 bits per heavy atom. The van der Waals surface area contributed by atoms with Crippen molar-refractivity contribution in [1.82, 2.24) is 9.97 Å². The van der Waals surface area contributed by atoms with Gasteiger partial charge >= 0.3 is 0 Å². The summed E-state index contributed by atoms with van der Waals surface area (Å²) in [6.45, 7) is 1.25. The van der Waals surface area contributed by atoms with Crippen LogP contribution in [-0.4, -0.2) is 29.1 Å². The third-order valence-electron chi connectivity index (χ3n) is 2.74. The van der Waals surface area contributed by atoms with Gasteiger partial charge in [-0.1, -0.05) is 12.1 Å². The molecule has 0 amide bonds. The van der Waals surface area contributed by atoms with Gasteiger partial charge in [-0.3, -0.25) is 4.99 Å². The van der Waals surface area contributed by atoms with Gasteiger partial charge in [-0.15, -0.1) is 0 Å². The van der Waals surface area contributed by atoms with Gasteiger partial charge in [0.2, 0.25) is 0 Å². The van der Waals surface area contributed by atoms with E-state index < -0.39 is 0 Å². The summed E-state index contributed by atoms with van der Waals surface area (Å²) >= 11 is 0. The zero-order chi connectivity index (χ0) is 14.2. The lowest BCUT2D eigenvalue weighted by Crippen LogP contribution is -2.23. The van der Waals surface area contributed by atoms with Gasteiger partial charge in [0.05, 0.1) is 12.2 Å². The molecule has 106 valence electrons. The maximum atomic E-state index is 5.80. The van der Waals surface area contributed by atoms with Gasteiger partial charge in [-0.2, -0.15) is 0 Å². The van der Waals surface area contributed by atoms with E-state index in [4.69, 9.17) is 16.2 Å². The largest absolute Gasteiger partial charge is 0.493 e. The number of aromatic amines is 1. The van der Waals surface area contributed by atoms with Crippen molar-refractivity contribution in [2.45, 2.75) is 12.8 Å². The van der Waals surface area contributed by atoms with E-state index >= 15 is 0 Å². The number of nitrogens with two attached hydrogens (primary N) is 2. The number of nitrogens with zero attached hydrogens (tertiary/aromatic N) is 2. The van der Waals surface area contributed by atoms with Gasteiger partial charge in [0.25, 0.3) is 0 Å². The summed E-state index contributed by atoms with van der Waals surface area (Å²) in [5, 5.41) is 0. The van der Waals surface area contributed by atoms with E-state index in [0.29, 0.717) is 13.2 Å². The first-order valence-corrected chi connectivity index (χ1v) is 6.54. The topological polar surface area (TPSA) is 102 Å². The Balaban J connectivity index is 1.86. The number of H-pyrrole nitrogens is 1. The van der Waals surface area contributed by atoms with E-state index in [2.05, 4.69) is 15.0 Å². The van der Waals surface area contributed by atoms with Crippen LogP contribution in [0.25, 0.3) is 11.4 Å². The number of para-hydroxylation sites is 1. The quantitative estimate of drug-likeness (QED) is 0.404. The molecule has 0 saturated carbocycles. The number of aliphatic imine (C=N–C) groups is 1. The van der Waals surface area contributed by atoms with E-state index in [-0.39, 0.29) is 5.96 Å². The fourth-order valence-corrected chi connectivity index (χ4v) is 1.80. The van der Waals surface area contributed by atoms with E-state index in [1.807, 2.05) is 24.3 Å². The molecule has 0 aliphatic carbocycles. The average molecular weight is 273 g/mol. The smallest absolute Gasteiger partial charge is 0.185 e. The van der Waals surface area contributed by atoms with Crippen LogP contribution in [0.5, 0.6) is 5.75 Å². The number of imidazole rings is 1. The number of benzene rings is 1. The van der Waals surface area contributed by atoms with E-state index in [0.717, 1.165) is 30.0 Å². The molecule has 0 spiro atoms. The molecule has 1 aromatic heterocycles. The number of guanidine groups is 1. The van der Waals surface area contributed by atoms with Crippen LogP contribution in [0.3, 0.4) is 0 Å². The second-order valence-corrected chi connectivity index (χ2v) is 4.30. The molecule has 2 rings (SSSR count). The average Bonchev–Trinajstić information content (AvgIpc) is 2.97. The van der Waals surface area contributed by atoms with Crippen LogP contribution in [0.4, 0.5) is 0 Å². The zero-order valence-corrected chi connectivity index (χ0v) is 11.2. The molecule has 20 heavy (non-hydrogen) atoms. The van der Waals surface area contributed by atoms with Crippen molar-refractivity contribution in [1.29, 1.82) is 0 Å². The molecular formula is C14H19N5O. The minimum Gasteiger partial charge on any atom is -0.493 e. The molecule has 0 atom stereocenters. The van der Waals surface area contributed by atoms with Crippen molar-refractivity contribution in [2.24, 2.45) is 16.5 Å². The Labute approximate surface area is 117 Å². The molecule has 6 nitrogen and oxygen atoms in total. The lowest BCUT2D eigenvalue weighted by atomic mass is 10.2. The summed E-state index contributed by atoms with van der Waals surface area (Å²) in [5.41, 5.74) is 11.5. The number of aromatic nitrogens is 2. The van der Waals surface area contributed by atoms with Crippen molar-refractivity contribution in [3.05, 3.63) is 36.7 Å². The normalized spacial score (nSPS) is 10.2. The van der Waals surface area contributed by atoms with Crippen LogP contribution in [0.1, 0.15) is 12.8 Å². The molecule has 0 radical (unpaired) electrons. The number of rotatable bonds is 7. The molecule has 0 aliphatic heterocycles. The number of ether oxygens (including phenoxy) is 1. The van der Waals surface area contributed by atoms with E-state index in [1.165, 1.54) is 0 Å². The maximum Gasteiger partial charge on any atom is 0.185 e. The predicted molar refractivity (Wildman–Crippen MR) is 79.4 cm³/mol. The second-order valence-electron chi connectivity index (χ2n) is 4.30. The van der Waals surface area contributed by atoms with Crippen molar-refractivity contribution in [2.75, 3.05) is 13.2 Å². The highest BCUT2D eigenvalue weighted by molar-refractivity contribution is 5.75. The minimum absolute atomic E-state index is 0.133. The van der Waals surface area contributed by atoms with Crippen LogP contribution < -0.4 is 16.2 Å². The number of unbranched alkanes of at least 4 members (excludes halogenated alkanes) is 1. The van der Waals surface area contributed by atoms with E-state index in [9.17, 15) is 0 Å². The molecule has 0 bridgehead atoms. The summed E-state index contributed by atoms with van der Waals surface area (Å²) in [5.74, 6) is 1.76. The molecule has 1 aromatic carbocycles. The van der Waals surface area contributed by atoms with Crippen LogP contribution in [-0.2, 0) is 0 Å². The van der Waals surface area contributed by atoms with Crippen molar-refractivity contribution < 1.29 is 4.74 Å².